The molecule has 1 aromatic carbocycles. The number of hydrogen-bond acceptors (Lipinski definition) is 5. The Bertz CT molecular complexity index is 858. The van der Waals surface area contributed by atoms with Gasteiger partial charge in [0, 0.05) is 35.7 Å². The molecule has 1 aliphatic carbocycles. The van der Waals surface area contributed by atoms with Gasteiger partial charge in [0.25, 0.3) is 0 Å². The van der Waals surface area contributed by atoms with E-state index < -0.39 is 0 Å². The van der Waals surface area contributed by atoms with Gasteiger partial charge in [0.15, 0.2) is 12.4 Å². The van der Waals surface area contributed by atoms with Crippen molar-refractivity contribution in [2.24, 2.45) is 4.99 Å². The lowest BCUT2D eigenvalue weighted by Crippen LogP contribution is -3.00. The van der Waals surface area contributed by atoms with Crippen LogP contribution in [0.5, 0.6) is 0 Å². The van der Waals surface area contributed by atoms with E-state index in [1.165, 1.54) is 5.71 Å². The summed E-state index contributed by atoms with van der Waals surface area (Å²) in [5.74, 6) is -0.376. The van der Waals surface area contributed by atoms with Crippen LogP contribution in [0.4, 0.5) is 11.4 Å². The molecule has 1 heterocycles. The minimum atomic E-state index is -0.376. The Morgan fingerprint density at radius 2 is 2.03 bits per heavy atom. The number of carbonyl (C=O) groups excluding carboxylic acids is 1. The minimum Gasteiger partial charge on any atom is -1.00 e. The van der Waals surface area contributed by atoms with Crippen molar-refractivity contribution in [1.82, 2.24) is 0 Å². The monoisotopic (exact) mass is 437 g/mol. The minimum absolute atomic E-state index is 0. The van der Waals surface area contributed by atoms with E-state index in [1.807, 2.05) is 35.8 Å². The van der Waals surface area contributed by atoms with Gasteiger partial charge in [0.2, 0.25) is 0 Å². The van der Waals surface area contributed by atoms with E-state index in [9.17, 15) is 4.79 Å². The quantitative estimate of drug-likeness (QED) is 0.311. The summed E-state index contributed by atoms with van der Waals surface area (Å²) in [5, 5.41) is 0.340. The molecule has 0 spiro atoms. The predicted octanol–water partition coefficient (Wildman–Crippen LogP) is 1.70. The van der Waals surface area contributed by atoms with Crippen molar-refractivity contribution in [2.75, 3.05) is 32.8 Å². The van der Waals surface area contributed by atoms with E-state index in [0.717, 1.165) is 28.4 Å². The van der Waals surface area contributed by atoms with Crippen molar-refractivity contribution in [3.63, 3.8) is 0 Å². The highest BCUT2D eigenvalue weighted by Gasteiger charge is 2.29. The molecule has 160 valence electrons. The van der Waals surface area contributed by atoms with E-state index >= 15 is 0 Å². The standard InChI is InChI=1S/C20H24N3O2S.2CH4.ClH/c1-13(2)20(24)25-12-23(5)15-7-9-17-19(11-15)26-18-10-14(22(3)4)6-8-16(18)21-17;;;/h6-9,11,18H,1,10,12H2,2-5H3;2*1H4;1H/q+1;;;/p-1. The van der Waals surface area contributed by atoms with Gasteiger partial charge in [-0.3, -0.25) is 4.99 Å². The number of anilines is 1. The first-order valence-corrected chi connectivity index (χ1v) is 9.37. The van der Waals surface area contributed by atoms with E-state index in [-0.39, 0.29) is 40.0 Å². The van der Waals surface area contributed by atoms with Gasteiger partial charge in [-0.05, 0) is 31.2 Å². The first-order valence-electron chi connectivity index (χ1n) is 8.49. The molecule has 29 heavy (non-hydrogen) atoms. The van der Waals surface area contributed by atoms with E-state index in [0.29, 0.717) is 10.8 Å². The second-order valence-corrected chi connectivity index (χ2v) is 8.00. The number of halogens is 1. The lowest BCUT2D eigenvalue weighted by atomic mass is 10.0. The summed E-state index contributed by atoms with van der Waals surface area (Å²) < 4.78 is 7.38. The van der Waals surface area contributed by atoms with Crippen molar-refractivity contribution in [3.05, 3.63) is 42.5 Å². The highest BCUT2D eigenvalue weighted by Crippen LogP contribution is 2.42. The second kappa shape index (κ2) is 11.2. The lowest BCUT2D eigenvalue weighted by molar-refractivity contribution is -0.464. The maximum atomic E-state index is 11.6. The van der Waals surface area contributed by atoms with Gasteiger partial charge >= 0.3 is 5.97 Å². The van der Waals surface area contributed by atoms with Crippen molar-refractivity contribution in [3.8, 4) is 0 Å². The largest absolute Gasteiger partial charge is 1.00 e. The summed E-state index contributed by atoms with van der Waals surface area (Å²) in [6, 6.07) is 6.14. The number of carbonyl (C=O) groups is 1. The number of aliphatic imine (C=N–C) groups is 1. The molecule has 7 heteroatoms. The fourth-order valence-corrected chi connectivity index (χ4v) is 4.00. The summed E-state index contributed by atoms with van der Waals surface area (Å²) >= 11 is 1.84. The summed E-state index contributed by atoms with van der Waals surface area (Å²) in [6.45, 7) is 5.43. The fourth-order valence-electron chi connectivity index (χ4n) is 2.77. The van der Waals surface area contributed by atoms with Gasteiger partial charge in [0.1, 0.15) is 14.1 Å². The van der Waals surface area contributed by atoms with Crippen molar-refractivity contribution >= 4 is 40.5 Å². The molecule has 1 aromatic rings. The molecule has 0 bridgehead atoms. The average molecular weight is 438 g/mol. The number of nitrogens with zero attached hydrogens (tertiary/aromatic N) is 3. The van der Waals surface area contributed by atoms with E-state index in [4.69, 9.17) is 9.73 Å². The summed E-state index contributed by atoms with van der Waals surface area (Å²) in [5.41, 5.74) is 4.83. The molecule has 0 radical (unpaired) electrons. The molecule has 2 aliphatic rings. The molecule has 0 saturated heterocycles. The molecule has 5 nitrogen and oxygen atoms in total. The third-order valence-corrected chi connectivity index (χ3v) is 5.66. The number of ether oxygens (including phenoxy) is 1. The Morgan fingerprint density at radius 3 is 2.66 bits per heavy atom. The van der Waals surface area contributed by atoms with Crippen molar-refractivity contribution in [1.29, 1.82) is 0 Å². The molecule has 0 fully saturated rings. The third-order valence-electron chi connectivity index (χ3n) is 4.39. The maximum Gasteiger partial charge on any atom is 0.334 e. The fraction of sp³-hybridized carbons (Fsp3) is 0.409. The maximum absolute atomic E-state index is 11.6. The van der Waals surface area contributed by atoms with Gasteiger partial charge in [-0.15, -0.1) is 11.8 Å². The van der Waals surface area contributed by atoms with Crippen LogP contribution in [-0.4, -0.2) is 55.1 Å². The van der Waals surface area contributed by atoms with Crippen LogP contribution in [0.2, 0.25) is 0 Å². The molecule has 0 amide bonds. The van der Waals surface area contributed by atoms with Gasteiger partial charge in [-0.25, -0.2) is 9.37 Å². The smallest absolute Gasteiger partial charge is 0.334 e. The Morgan fingerprint density at radius 1 is 1.34 bits per heavy atom. The van der Waals surface area contributed by atoms with Crippen LogP contribution in [0.15, 0.2) is 52.4 Å². The molecule has 0 aromatic heterocycles. The molecule has 1 atom stereocenters. The lowest BCUT2D eigenvalue weighted by Gasteiger charge is -2.26. The van der Waals surface area contributed by atoms with Crippen molar-refractivity contribution in [2.45, 2.75) is 38.3 Å². The van der Waals surface area contributed by atoms with Crippen LogP contribution in [-0.2, 0) is 9.53 Å². The number of hydrogen-bond donors (Lipinski definition) is 0. The zero-order valence-electron chi connectivity index (χ0n) is 16.0. The van der Waals surface area contributed by atoms with Gasteiger partial charge < -0.3 is 22.0 Å². The highest BCUT2D eigenvalue weighted by atomic mass is 35.5. The van der Waals surface area contributed by atoms with Crippen LogP contribution in [0.25, 0.3) is 0 Å². The summed E-state index contributed by atoms with van der Waals surface area (Å²) in [7, 11) is 6.04. The topological polar surface area (TPSA) is 44.9 Å². The summed E-state index contributed by atoms with van der Waals surface area (Å²) in [6.07, 6.45) is 5.25. The predicted molar refractivity (Wildman–Crippen MR) is 122 cm³/mol. The van der Waals surface area contributed by atoms with Crippen LogP contribution < -0.4 is 17.3 Å². The number of esters is 1. The zero-order chi connectivity index (χ0) is 18.8. The van der Waals surface area contributed by atoms with Gasteiger partial charge in [-0.1, -0.05) is 21.4 Å². The molecular weight excluding hydrogens is 406 g/mol. The first-order chi connectivity index (χ1) is 12.3. The Hall–Kier alpha value is -2.05. The van der Waals surface area contributed by atoms with Crippen LogP contribution in [0.3, 0.4) is 0 Å². The number of rotatable bonds is 4. The number of fused-ring (bicyclic) bond motifs is 2. The van der Waals surface area contributed by atoms with E-state index in [1.54, 1.807) is 6.92 Å². The average Bonchev–Trinajstić information content (AvgIpc) is 2.62. The molecule has 1 aliphatic heterocycles. The number of benzene rings is 1. The van der Waals surface area contributed by atoms with Crippen LogP contribution >= 0.6 is 11.8 Å². The molecule has 3 rings (SSSR count). The van der Waals surface area contributed by atoms with Gasteiger partial charge in [-0.2, -0.15) is 0 Å². The molecule has 0 saturated carbocycles. The van der Waals surface area contributed by atoms with E-state index in [2.05, 4.69) is 43.5 Å². The van der Waals surface area contributed by atoms with Crippen molar-refractivity contribution < 1.29 is 26.5 Å². The Kier molecular flexibility index (Phi) is 10.4. The Balaban J connectivity index is 0.00000261. The second-order valence-electron chi connectivity index (χ2n) is 6.76. The third kappa shape index (κ3) is 6.21. The highest BCUT2D eigenvalue weighted by molar-refractivity contribution is 8.01. The SMILES string of the molecule is C.C.C=C(C)C(=O)OCN(C)c1ccc2c(c1)SC1CC(=[N+](C)C)C=CC1=N2.[Cl-]. The summed E-state index contributed by atoms with van der Waals surface area (Å²) in [4.78, 5) is 19.4. The number of allylic oxidation sites excluding steroid dienone is 2. The van der Waals surface area contributed by atoms with Crippen LogP contribution in [0, 0.1) is 0 Å². The molecular formula is C22H32ClN3O2S. The zero-order valence-corrected chi connectivity index (χ0v) is 17.6. The molecule has 0 N–H and O–H groups in total. The van der Waals surface area contributed by atoms with Crippen LogP contribution in [0.1, 0.15) is 28.2 Å². The molecule has 1 unspecified atom stereocenters. The normalized spacial score (nSPS) is 15.9. The number of thioether (sulfide) groups is 1. The van der Waals surface area contributed by atoms with Gasteiger partial charge in [0.05, 0.1) is 16.6 Å². The Labute approximate surface area is 185 Å². The first kappa shape index (κ1) is 27.0.